The number of pyridine rings is 2. The first-order valence-electron chi connectivity index (χ1n) is 20.7. The highest BCUT2D eigenvalue weighted by Gasteiger charge is 2.70. The van der Waals surface area contributed by atoms with E-state index in [1.54, 1.807) is 0 Å². The number of hydrogen-bond acceptors (Lipinski definition) is 4. The fraction of sp³-hybridized carbons (Fsp3) is 0.696. The summed E-state index contributed by atoms with van der Waals surface area (Å²) in [6, 6.07) is 12.0. The van der Waals surface area contributed by atoms with E-state index >= 15 is 0 Å². The third-order valence-corrected chi connectivity index (χ3v) is 16.5. The highest BCUT2D eigenvalue weighted by molar-refractivity contribution is 5.69. The number of aromatic nitrogens is 2. The van der Waals surface area contributed by atoms with Crippen LogP contribution in [0.15, 0.2) is 73.3 Å². The summed E-state index contributed by atoms with van der Waals surface area (Å²) in [4.78, 5) is 26.4. The molecule has 2 aromatic rings. The molecule has 0 aromatic carbocycles. The second-order valence-electron chi connectivity index (χ2n) is 19.2. The lowest BCUT2D eigenvalue weighted by Gasteiger charge is -2.72. The van der Waals surface area contributed by atoms with Gasteiger partial charge in [-0.25, -0.2) is 9.13 Å². The van der Waals surface area contributed by atoms with E-state index in [2.05, 4.69) is 57.3 Å². The van der Waals surface area contributed by atoms with Crippen molar-refractivity contribution in [2.45, 2.75) is 131 Å². The molecule has 282 valence electrons. The van der Waals surface area contributed by atoms with Crippen LogP contribution in [-0.4, -0.2) is 24.6 Å². The predicted octanol–water partition coefficient (Wildman–Crippen LogP) is 8.71. The summed E-state index contributed by atoms with van der Waals surface area (Å²) in [7, 11) is 0. The van der Waals surface area contributed by atoms with Gasteiger partial charge in [-0.15, -0.1) is 0 Å². The minimum absolute atomic E-state index is 0.0419. The molecule has 5 aliphatic carbocycles. The van der Waals surface area contributed by atoms with E-state index in [1.807, 2.05) is 61.2 Å². The lowest BCUT2D eigenvalue weighted by Crippen LogP contribution is -2.67. The first-order valence-corrected chi connectivity index (χ1v) is 20.7. The number of hydrogen-bond donors (Lipinski definition) is 0. The van der Waals surface area contributed by atoms with Gasteiger partial charge in [0.15, 0.2) is 37.9 Å². The van der Waals surface area contributed by atoms with Gasteiger partial charge in [0.1, 0.15) is 18.9 Å². The van der Waals surface area contributed by atoms with Crippen LogP contribution < -0.4 is 9.13 Å². The molecule has 7 rings (SSSR count). The number of aryl methyl sites for hydroxylation is 2. The predicted molar refractivity (Wildman–Crippen MR) is 202 cm³/mol. The summed E-state index contributed by atoms with van der Waals surface area (Å²) >= 11 is 0. The minimum Gasteiger partial charge on any atom is -0.465 e. The van der Waals surface area contributed by atoms with E-state index in [9.17, 15) is 9.59 Å². The Hall–Kier alpha value is -3.02. The molecule has 0 N–H and O–H groups in total. The maximum Gasteiger partial charge on any atom is 0.312 e. The third-order valence-electron chi connectivity index (χ3n) is 16.5. The molecule has 2 aromatic heterocycles. The number of carbonyl (C=O) groups excluding carboxylic acids is 2. The molecular formula is C46H66N2O4+2. The van der Waals surface area contributed by atoms with E-state index in [0.717, 1.165) is 19.3 Å². The largest absolute Gasteiger partial charge is 0.465 e. The summed E-state index contributed by atoms with van der Waals surface area (Å²) in [6.07, 6.45) is 19.5. The summed E-state index contributed by atoms with van der Waals surface area (Å²) in [6.45, 7) is 21.4. The van der Waals surface area contributed by atoms with Gasteiger partial charge >= 0.3 is 11.9 Å². The molecule has 5 unspecified atom stereocenters. The molecule has 6 nitrogen and oxygen atoms in total. The zero-order chi connectivity index (χ0) is 36.9. The number of rotatable bonds is 10. The van der Waals surface area contributed by atoms with Gasteiger partial charge in [-0.05, 0) is 122 Å². The fourth-order valence-corrected chi connectivity index (χ4v) is 13.9. The molecule has 0 amide bonds. The minimum atomic E-state index is -0.0788. The Kier molecular flexibility index (Phi) is 10.3. The van der Waals surface area contributed by atoms with Gasteiger partial charge < -0.3 is 9.47 Å². The zero-order valence-corrected chi connectivity index (χ0v) is 33.0. The van der Waals surface area contributed by atoms with Gasteiger partial charge in [0, 0.05) is 29.7 Å². The van der Waals surface area contributed by atoms with Crippen LogP contribution in [0, 0.1) is 63.1 Å². The van der Waals surface area contributed by atoms with Gasteiger partial charge in [-0.3, -0.25) is 9.59 Å². The molecular weight excluding hydrogens is 645 g/mol. The van der Waals surface area contributed by atoms with E-state index in [-0.39, 0.29) is 39.7 Å². The number of fused-ring (bicyclic) bond motifs is 7. The standard InChI is InChI=1S/C46H66N2O4/c1-32(2)34-14-15-35-33(31-51-40(49)20-28-47-24-10-8-11-25-47)30-46(7)36(42(34)35)16-17-38-44(5)22-19-39(43(3,4)37(44)18-23-45(38,46)6)52-41(50)21-29-48-26-12-9-13-27-48/h8-13,24-27,33-39,42H,1,14-23,28-31H2,2-7H3/q+2/t33-,34+,35?,36?,37?,38?,39+,42?,44+,45-,46-/m1/s1. The number of ether oxygens (including phenoxy) is 2. The van der Waals surface area contributed by atoms with E-state index in [0.29, 0.717) is 74.0 Å². The van der Waals surface area contributed by atoms with Crippen molar-refractivity contribution in [2.75, 3.05) is 6.61 Å². The molecule has 0 aliphatic heterocycles. The fourth-order valence-electron chi connectivity index (χ4n) is 13.9. The molecule has 52 heavy (non-hydrogen) atoms. The van der Waals surface area contributed by atoms with E-state index < -0.39 is 0 Å². The van der Waals surface area contributed by atoms with E-state index in [4.69, 9.17) is 9.47 Å². The SMILES string of the molecule is C=C(C)[C@@H]1CCC2C1C1CCC3[C@@]4(C)CC[C@H](OC(=O)CC[n+]5ccccc5)C(C)(C)C4CC[C@@]3(C)[C@]1(C)C[C@@H]2COC(=O)CC[n+]1ccccc1. The van der Waals surface area contributed by atoms with Crippen LogP contribution in [0.1, 0.15) is 112 Å². The molecule has 0 spiro atoms. The van der Waals surface area contributed by atoms with Crippen LogP contribution in [0.3, 0.4) is 0 Å². The number of esters is 2. The molecule has 0 saturated heterocycles. The molecule has 6 heteroatoms. The average molecular weight is 711 g/mol. The second kappa shape index (κ2) is 14.3. The second-order valence-corrected chi connectivity index (χ2v) is 19.2. The molecule has 2 heterocycles. The molecule has 5 fully saturated rings. The summed E-state index contributed by atoms with van der Waals surface area (Å²) < 4.78 is 16.7. The van der Waals surface area contributed by atoms with Crippen molar-refractivity contribution < 1.29 is 28.2 Å². The highest BCUT2D eigenvalue weighted by Crippen LogP contribution is 2.76. The van der Waals surface area contributed by atoms with Crippen molar-refractivity contribution >= 4 is 11.9 Å². The highest BCUT2D eigenvalue weighted by atomic mass is 16.5. The summed E-state index contributed by atoms with van der Waals surface area (Å²) in [5.74, 6) is 3.86. The van der Waals surface area contributed by atoms with Gasteiger partial charge in [0.2, 0.25) is 0 Å². The van der Waals surface area contributed by atoms with Crippen molar-refractivity contribution in [1.29, 1.82) is 0 Å². The summed E-state index contributed by atoms with van der Waals surface area (Å²) in [5.41, 5.74) is 1.84. The van der Waals surface area contributed by atoms with Crippen molar-refractivity contribution in [3.05, 3.63) is 73.3 Å². The Bertz CT molecular complexity index is 1610. The number of nitrogens with zero attached hydrogens (tertiary/aromatic N) is 2. The van der Waals surface area contributed by atoms with Gasteiger partial charge in [0.25, 0.3) is 0 Å². The third kappa shape index (κ3) is 6.46. The smallest absolute Gasteiger partial charge is 0.312 e. The first kappa shape index (κ1) is 37.3. The van der Waals surface area contributed by atoms with Crippen LogP contribution in [-0.2, 0) is 32.2 Å². The van der Waals surface area contributed by atoms with Crippen molar-refractivity contribution in [3.63, 3.8) is 0 Å². The molecule has 11 atom stereocenters. The Labute approximate surface area is 313 Å². The Balaban J connectivity index is 1.08. The zero-order valence-electron chi connectivity index (χ0n) is 33.0. The number of carbonyl (C=O) groups is 2. The Morgan fingerprint density at radius 3 is 2.00 bits per heavy atom. The van der Waals surface area contributed by atoms with E-state index in [1.165, 1.54) is 44.1 Å². The molecule has 0 bridgehead atoms. The van der Waals surface area contributed by atoms with Gasteiger partial charge in [-0.1, -0.05) is 58.9 Å². The van der Waals surface area contributed by atoms with Crippen molar-refractivity contribution in [1.82, 2.24) is 0 Å². The van der Waals surface area contributed by atoms with Crippen LogP contribution in [0.25, 0.3) is 0 Å². The Morgan fingerprint density at radius 2 is 1.37 bits per heavy atom. The van der Waals surface area contributed by atoms with Crippen LogP contribution >= 0.6 is 0 Å². The van der Waals surface area contributed by atoms with Crippen molar-refractivity contribution in [3.8, 4) is 0 Å². The summed E-state index contributed by atoms with van der Waals surface area (Å²) in [5, 5.41) is 0. The van der Waals surface area contributed by atoms with Crippen LogP contribution in [0.2, 0.25) is 0 Å². The Morgan fingerprint density at radius 1 is 0.731 bits per heavy atom. The molecule has 5 aliphatic rings. The first-order chi connectivity index (χ1) is 24.8. The van der Waals surface area contributed by atoms with Crippen molar-refractivity contribution in [2.24, 2.45) is 63.1 Å². The van der Waals surface area contributed by atoms with Gasteiger partial charge in [-0.2, -0.15) is 0 Å². The average Bonchev–Trinajstić information content (AvgIpc) is 3.57. The van der Waals surface area contributed by atoms with Gasteiger partial charge in [0.05, 0.1) is 6.61 Å². The molecule has 5 saturated carbocycles. The van der Waals surface area contributed by atoms with Crippen LogP contribution in [0.4, 0.5) is 0 Å². The number of allylic oxidation sites excluding steroid dienone is 1. The maximum absolute atomic E-state index is 13.2. The normalized spacial score (nSPS) is 38.9. The topological polar surface area (TPSA) is 60.4 Å². The monoisotopic (exact) mass is 711 g/mol. The molecule has 0 radical (unpaired) electrons. The lowest BCUT2D eigenvalue weighted by molar-refractivity contribution is -0.696. The van der Waals surface area contributed by atoms with Crippen LogP contribution in [0.5, 0.6) is 0 Å². The maximum atomic E-state index is 13.2. The lowest BCUT2D eigenvalue weighted by atomic mass is 9.32. The quantitative estimate of drug-likeness (QED) is 0.141.